The molecule has 3 fully saturated rings. The van der Waals surface area contributed by atoms with Crippen LogP contribution in [0.1, 0.15) is 12.0 Å². The average Bonchev–Trinajstić information content (AvgIpc) is 3.38. The maximum absolute atomic E-state index is 12.8. The molecule has 10 heteroatoms. The Hall–Kier alpha value is -3.30. The summed E-state index contributed by atoms with van der Waals surface area (Å²) in [6, 6.07) is 6.08. The highest BCUT2D eigenvalue weighted by Crippen LogP contribution is 2.61. The van der Waals surface area contributed by atoms with Crippen LogP contribution in [-0.2, 0) is 19.2 Å². The number of nitro groups is 1. The van der Waals surface area contributed by atoms with E-state index in [0.29, 0.717) is 17.7 Å². The maximum atomic E-state index is 12.8. The first-order valence-electron chi connectivity index (χ1n) is 8.94. The summed E-state index contributed by atoms with van der Waals surface area (Å²) in [6.45, 7) is -0.633. The van der Waals surface area contributed by atoms with Crippen molar-refractivity contribution in [2.75, 3.05) is 6.54 Å². The van der Waals surface area contributed by atoms with Gasteiger partial charge in [0, 0.05) is 29.5 Å². The summed E-state index contributed by atoms with van der Waals surface area (Å²) in [5, 5.41) is 24.2. The first-order valence-corrected chi connectivity index (χ1v) is 8.94. The fourth-order valence-electron chi connectivity index (χ4n) is 5.50. The van der Waals surface area contributed by atoms with E-state index in [1.807, 2.05) is 0 Å². The second-order valence-electron chi connectivity index (χ2n) is 7.65. The largest absolute Gasteiger partial charge is 0.480 e. The molecular formula is C18H15N3O7. The Morgan fingerprint density at radius 1 is 1.25 bits per heavy atom. The van der Waals surface area contributed by atoms with E-state index in [-0.39, 0.29) is 29.5 Å². The molecule has 1 saturated heterocycles. The molecule has 0 aromatic heterocycles. The molecule has 0 radical (unpaired) electrons. The Kier molecular flexibility index (Phi) is 3.37. The fraction of sp³-hybridized carbons (Fsp3) is 0.444. The summed E-state index contributed by atoms with van der Waals surface area (Å²) in [4.78, 5) is 53.5. The number of aliphatic carboxylic acids is 1. The molecule has 4 aliphatic rings. The van der Waals surface area contributed by atoms with E-state index < -0.39 is 41.1 Å². The number of carboxylic acids is 1. The smallest absolute Gasteiger partial charge is 0.323 e. The number of fused-ring (bicyclic) bond motifs is 8. The van der Waals surface area contributed by atoms with Crippen molar-refractivity contribution in [1.82, 2.24) is 4.90 Å². The highest BCUT2D eigenvalue weighted by atomic mass is 16.6. The molecule has 0 unspecified atom stereocenters. The van der Waals surface area contributed by atoms with Crippen LogP contribution >= 0.6 is 0 Å². The normalized spacial score (nSPS) is 34.9. The zero-order valence-corrected chi connectivity index (χ0v) is 14.4. The van der Waals surface area contributed by atoms with E-state index in [2.05, 4.69) is 5.16 Å². The Morgan fingerprint density at radius 3 is 2.64 bits per heavy atom. The Morgan fingerprint density at radius 2 is 1.96 bits per heavy atom. The number of amides is 2. The number of carboxylic acid groups (broad SMARTS) is 1. The van der Waals surface area contributed by atoms with E-state index in [1.54, 1.807) is 12.1 Å². The zero-order chi connectivity index (χ0) is 19.7. The lowest BCUT2D eigenvalue weighted by atomic mass is 9.71. The molecule has 6 atom stereocenters. The van der Waals surface area contributed by atoms with Crippen LogP contribution in [0, 0.1) is 39.7 Å². The highest BCUT2D eigenvalue weighted by Gasteiger charge is 2.70. The molecule has 2 saturated carbocycles. The van der Waals surface area contributed by atoms with Gasteiger partial charge in [0.05, 0.1) is 22.5 Å². The number of carbonyl (C=O) groups is 3. The molecule has 1 aromatic carbocycles. The number of rotatable bonds is 4. The number of benzene rings is 1. The highest BCUT2D eigenvalue weighted by molar-refractivity contribution is 6.10. The fourth-order valence-corrected chi connectivity index (χ4v) is 5.50. The molecular weight excluding hydrogens is 370 g/mol. The summed E-state index contributed by atoms with van der Waals surface area (Å²) < 4.78 is 0. The van der Waals surface area contributed by atoms with Crippen molar-refractivity contribution in [2.24, 2.45) is 34.7 Å². The monoisotopic (exact) mass is 385 g/mol. The van der Waals surface area contributed by atoms with Gasteiger partial charge in [0.2, 0.25) is 11.8 Å². The quantitative estimate of drug-likeness (QED) is 0.456. The van der Waals surface area contributed by atoms with Gasteiger partial charge in [-0.1, -0.05) is 17.3 Å². The van der Waals surface area contributed by atoms with E-state index >= 15 is 0 Å². The van der Waals surface area contributed by atoms with Crippen LogP contribution in [0.25, 0.3) is 0 Å². The summed E-state index contributed by atoms with van der Waals surface area (Å²) in [7, 11) is 0. The van der Waals surface area contributed by atoms with Crippen LogP contribution in [-0.4, -0.2) is 51.1 Å². The molecule has 2 aliphatic carbocycles. The molecule has 1 aromatic rings. The first kappa shape index (κ1) is 16.8. The van der Waals surface area contributed by atoms with Gasteiger partial charge in [-0.2, -0.15) is 0 Å². The van der Waals surface area contributed by atoms with Crippen molar-refractivity contribution < 1.29 is 29.3 Å². The summed E-state index contributed by atoms with van der Waals surface area (Å²) in [5.41, 5.74) is 1.05. The number of likely N-dealkylation sites (tertiary alicyclic amines) is 1. The van der Waals surface area contributed by atoms with Crippen LogP contribution in [0.2, 0.25) is 0 Å². The van der Waals surface area contributed by atoms with Crippen molar-refractivity contribution in [1.29, 1.82) is 0 Å². The molecule has 0 spiro atoms. The summed E-state index contributed by atoms with van der Waals surface area (Å²) >= 11 is 0. The number of nitro benzene ring substituents is 1. The number of non-ortho nitro benzene ring substituents is 1. The van der Waals surface area contributed by atoms with Crippen molar-refractivity contribution in [3.63, 3.8) is 0 Å². The third-order valence-corrected chi connectivity index (χ3v) is 6.43. The predicted molar refractivity (Wildman–Crippen MR) is 90.9 cm³/mol. The molecule has 28 heavy (non-hydrogen) atoms. The van der Waals surface area contributed by atoms with Crippen molar-refractivity contribution in [2.45, 2.75) is 12.5 Å². The van der Waals surface area contributed by atoms with Gasteiger partial charge < -0.3 is 9.94 Å². The number of imide groups is 1. The third-order valence-electron chi connectivity index (χ3n) is 6.43. The van der Waals surface area contributed by atoms with Gasteiger partial charge in [-0.25, -0.2) is 0 Å². The molecule has 2 amide bonds. The first-order chi connectivity index (χ1) is 13.4. The molecule has 1 N–H and O–H groups in total. The van der Waals surface area contributed by atoms with Crippen LogP contribution < -0.4 is 0 Å². The summed E-state index contributed by atoms with van der Waals surface area (Å²) in [6.07, 6.45) is 0.249. The second kappa shape index (κ2) is 5.60. The van der Waals surface area contributed by atoms with Crippen LogP contribution in [0.4, 0.5) is 5.69 Å². The van der Waals surface area contributed by atoms with Crippen LogP contribution in [0.5, 0.6) is 0 Å². The lowest BCUT2D eigenvalue weighted by Gasteiger charge is -2.29. The number of nitrogens with zero attached hydrogens (tertiary/aromatic N) is 3. The van der Waals surface area contributed by atoms with Crippen molar-refractivity contribution in [3.05, 3.63) is 39.9 Å². The lowest BCUT2D eigenvalue weighted by molar-refractivity contribution is -0.384. The zero-order valence-electron chi connectivity index (χ0n) is 14.4. The Labute approximate surface area is 157 Å². The van der Waals surface area contributed by atoms with Crippen LogP contribution in [0.3, 0.4) is 0 Å². The van der Waals surface area contributed by atoms with Crippen LogP contribution in [0.15, 0.2) is 29.4 Å². The molecule has 5 rings (SSSR count). The van der Waals surface area contributed by atoms with Gasteiger partial charge in [-0.05, 0) is 12.3 Å². The summed E-state index contributed by atoms with van der Waals surface area (Å²) in [5.74, 6) is -3.93. The Balaban J connectivity index is 1.47. The minimum absolute atomic E-state index is 0.0653. The number of hydrogen-bond acceptors (Lipinski definition) is 7. The van der Waals surface area contributed by atoms with Crippen molar-refractivity contribution >= 4 is 29.2 Å². The van der Waals surface area contributed by atoms with Gasteiger partial charge in [0.1, 0.15) is 12.6 Å². The van der Waals surface area contributed by atoms with Gasteiger partial charge in [-0.3, -0.25) is 29.4 Å². The topological polar surface area (TPSA) is 139 Å². The van der Waals surface area contributed by atoms with Gasteiger partial charge in [0.15, 0.2) is 0 Å². The van der Waals surface area contributed by atoms with E-state index in [9.17, 15) is 24.5 Å². The van der Waals surface area contributed by atoms with Gasteiger partial charge in [0.25, 0.3) is 5.69 Å². The maximum Gasteiger partial charge on any atom is 0.323 e. The third kappa shape index (κ3) is 2.08. The number of hydrogen-bond donors (Lipinski definition) is 1. The molecule has 144 valence electrons. The van der Waals surface area contributed by atoms with Gasteiger partial charge in [-0.15, -0.1) is 0 Å². The van der Waals surface area contributed by atoms with E-state index in [0.717, 1.165) is 4.90 Å². The Bertz CT molecular complexity index is 974. The van der Waals surface area contributed by atoms with Gasteiger partial charge >= 0.3 is 5.97 Å². The minimum atomic E-state index is -1.23. The number of oxime groups is 1. The second-order valence-corrected chi connectivity index (χ2v) is 7.65. The van der Waals surface area contributed by atoms with Crippen molar-refractivity contribution in [3.8, 4) is 0 Å². The molecule has 10 nitrogen and oxygen atoms in total. The molecule has 2 aliphatic heterocycles. The lowest BCUT2D eigenvalue weighted by Crippen LogP contribution is -2.41. The minimum Gasteiger partial charge on any atom is -0.480 e. The van der Waals surface area contributed by atoms with E-state index in [1.165, 1.54) is 12.1 Å². The standard InChI is InChI=1S/C18H15N3O7/c22-11(23)6-20-17(24)12-9-5-10(13(12)18(20)25)16-14(9)15(19-28-16)7-2-1-3-8(4-7)21(26)27/h1-4,9-10,12-14,16H,5-6H2,(H,22,23)/t9-,10-,12+,13-,14-,16+/m1/s1. The SMILES string of the molecule is O=C(O)CN1C(=O)[C@@H]2[C@H]3C[C@@H]([C@@H]4C(c5cccc([N+](=O)[O-])c5)=NO[C@@H]34)[C@@H]2C1=O. The molecule has 2 bridgehead atoms. The molecule has 2 heterocycles. The van der Waals surface area contributed by atoms with E-state index in [4.69, 9.17) is 9.94 Å². The average molecular weight is 385 g/mol. The predicted octanol–water partition coefficient (Wildman–Crippen LogP) is 0.649. The number of carbonyl (C=O) groups excluding carboxylic acids is 2.